The van der Waals surface area contributed by atoms with Gasteiger partial charge >= 0.3 is 5.97 Å². The molecular weight excluding hydrogens is 258 g/mol. The zero-order chi connectivity index (χ0) is 13.1. The lowest BCUT2D eigenvalue weighted by molar-refractivity contribution is 0.0691. The average Bonchev–Trinajstić information content (AvgIpc) is 2.72. The lowest BCUT2D eigenvalue weighted by Crippen LogP contribution is -2.04. The third-order valence-corrected chi connectivity index (χ3v) is 2.62. The Labute approximate surface area is 108 Å². The monoisotopic (exact) mass is 267 g/mol. The van der Waals surface area contributed by atoms with Crippen LogP contribution in [0.25, 0.3) is 0 Å². The van der Waals surface area contributed by atoms with Crippen LogP contribution >= 0.6 is 11.6 Å². The molecule has 0 radical (unpaired) electrons. The fraction of sp³-hybridized carbons (Fsp3) is 0.167. The van der Waals surface area contributed by atoms with Gasteiger partial charge in [-0.1, -0.05) is 11.6 Å². The summed E-state index contributed by atoms with van der Waals surface area (Å²) in [5.41, 5.74) is 0.673. The fourth-order valence-electron chi connectivity index (χ4n) is 1.41. The van der Waals surface area contributed by atoms with Gasteiger partial charge < -0.3 is 14.3 Å². The van der Waals surface area contributed by atoms with Gasteiger partial charge in [0.2, 0.25) is 0 Å². The number of carboxylic acid groups (broad SMARTS) is 1. The Morgan fingerprint density at radius 1 is 1.56 bits per heavy atom. The minimum absolute atomic E-state index is 0.0561. The fourth-order valence-corrected chi connectivity index (χ4v) is 1.57. The highest BCUT2D eigenvalue weighted by Crippen LogP contribution is 2.24. The number of aromatic carboxylic acids is 1. The van der Waals surface area contributed by atoms with Crippen molar-refractivity contribution in [1.29, 1.82) is 0 Å². The molecule has 0 aliphatic carbocycles. The first kappa shape index (κ1) is 12.4. The number of oxazole rings is 1. The van der Waals surface area contributed by atoms with Gasteiger partial charge in [0.05, 0.1) is 0 Å². The van der Waals surface area contributed by atoms with Crippen molar-refractivity contribution in [2.24, 2.45) is 0 Å². The Morgan fingerprint density at radius 2 is 2.33 bits per heavy atom. The molecular formula is C12H10ClNO4. The minimum Gasteiger partial charge on any atom is -0.486 e. The maximum absolute atomic E-state index is 11.0. The van der Waals surface area contributed by atoms with E-state index in [1.165, 1.54) is 24.6 Å². The lowest BCUT2D eigenvalue weighted by Gasteiger charge is -2.08. The molecule has 6 heteroatoms. The summed E-state index contributed by atoms with van der Waals surface area (Å²) in [4.78, 5) is 15.0. The minimum atomic E-state index is -1.07. The predicted octanol–water partition coefficient (Wildman–Crippen LogP) is 2.91. The molecule has 1 heterocycles. The average molecular weight is 268 g/mol. The molecule has 0 saturated carbocycles. The summed E-state index contributed by atoms with van der Waals surface area (Å²) in [6, 6.07) is 4.36. The summed E-state index contributed by atoms with van der Waals surface area (Å²) in [5, 5.41) is 9.42. The van der Waals surface area contributed by atoms with Crippen molar-refractivity contribution in [1.82, 2.24) is 4.98 Å². The molecule has 1 N–H and O–H groups in total. The van der Waals surface area contributed by atoms with Crippen LogP contribution < -0.4 is 4.74 Å². The van der Waals surface area contributed by atoms with Crippen LogP contribution in [0.4, 0.5) is 0 Å². The van der Waals surface area contributed by atoms with E-state index in [4.69, 9.17) is 25.9 Å². The third-order valence-electron chi connectivity index (χ3n) is 2.38. The molecule has 0 atom stereocenters. The second-order valence-electron chi connectivity index (χ2n) is 3.59. The number of carboxylic acids is 1. The van der Waals surface area contributed by atoms with Crippen LogP contribution in [0.15, 0.2) is 29.0 Å². The van der Waals surface area contributed by atoms with Crippen molar-refractivity contribution in [2.75, 3.05) is 0 Å². The predicted molar refractivity (Wildman–Crippen MR) is 64.0 cm³/mol. The molecule has 2 aromatic rings. The first-order valence-corrected chi connectivity index (χ1v) is 5.50. The number of nitrogens with zero attached hydrogens (tertiary/aromatic N) is 1. The molecule has 94 valence electrons. The number of carbonyl (C=O) groups is 1. The van der Waals surface area contributed by atoms with Gasteiger partial charge in [-0.2, -0.15) is 0 Å². The number of aryl methyl sites for hydroxylation is 1. The van der Waals surface area contributed by atoms with Crippen molar-refractivity contribution < 1.29 is 19.1 Å². The Kier molecular flexibility index (Phi) is 3.53. The van der Waals surface area contributed by atoms with E-state index < -0.39 is 5.97 Å². The normalized spacial score (nSPS) is 10.3. The van der Waals surface area contributed by atoms with Crippen LogP contribution in [0.2, 0.25) is 5.02 Å². The first-order chi connectivity index (χ1) is 8.58. The van der Waals surface area contributed by atoms with Crippen molar-refractivity contribution >= 4 is 17.6 Å². The highest BCUT2D eigenvalue weighted by atomic mass is 35.5. The van der Waals surface area contributed by atoms with E-state index in [9.17, 15) is 4.79 Å². The second-order valence-corrected chi connectivity index (χ2v) is 4.03. The van der Waals surface area contributed by atoms with Gasteiger partial charge in [0.25, 0.3) is 0 Å². The Bertz CT molecular complexity index is 579. The maximum Gasteiger partial charge on any atom is 0.339 e. The standard InChI is InChI=1S/C12H10ClNO4/c1-7-10(14-6-18-7)5-17-11-4-8(13)2-3-9(11)12(15)16/h2-4,6H,5H2,1H3,(H,15,16). The quantitative estimate of drug-likeness (QED) is 0.922. The van der Waals surface area contributed by atoms with Crippen LogP contribution in [0.1, 0.15) is 21.8 Å². The molecule has 0 saturated heterocycles. The Balaban J connectivity index is 2.20. The number of hydrogen-bond donors (Lipinski definition) is 1. The first-order valence-electron chi connectivity index (χ1n) is 5.12. The number of benzene rings is 1. The summed E-state index contributed by atoms with van der Waals surface area (Å²) < 4.78 is 10.4. The van der Waals surface area contributed by atoms with Gasteiger partial charge in [0.15, 0.2) is 6.39 Å². The molecule has 18 heavy (non-hydrogen) atoms. The van der Waals surface area contributed by atoms with Gasteiger partial charge in [0.1, 0.15) is 29.4 Å². The third kappa shape index (κ3) is 2.62. The van der Waals surface area contributed by atoms with E-state index in [0.29, 0.717) is 16.5 Å². The highest BCUT2D eigenvalue weighted by Gasteiger charge is 2.13. The summed E-state index contributed by atoms with van der Waals surface area (Å²) in [7, 11) is 0. The number of hydrogen-bond acceptors (Lipinski definition) is 4. The topological polar surface area (TPSA) is 72.6 Å². The molecule has 0 aliphatic rings. The number of aromatic nitrogens is 1. The number of rotatable bonds is 4. The molecule has 0 bridgehead atoms. The van der Waals surface area contributed by atoms with Crippen LogP contribution in [-0.2, 0) is 6.61 Å². The number of ether oxygens (including phenoxy) is 1. The van der Waals surface area contributed by atoms with E-state index in [0.717, 1.165) is 0 Å². The number of halogens is 1. The van der Waals surface area contributed by atoms with Crippen molar-refractivity contribution in [3.8, 4) is 5.75 Å². The summed E-state index contributed by atoms with van der Waals surface area (Å²) in [6.07, 6.45) is 1.31. The van der Waals surface area contributed by atoms with Crippen LogP contribution in [0.3, 0.4) is 0 Å². The van der Waals surface area contributed by atoms with Gasteiger partial charge in [-0.15, -0.1) is 0 Å². The Morgan fingerprint density at radius 3 is 2.94 bits per heavy atom. The van der Waals surface area contributed by atoms with E-state index in [1.807, 2.05) is 0 Å². The van der Waals surface area contributed by atoms with E-state index in [1.54, 1.807) is 6.92 Å². The molecule has 2 rings (SSSR count). The van der Waals surface area contributed by atoms with Crippen molar-refractivity contribution in [2.45, 2.75) is 13.5 Å². The van der Waals surface area contributed by atoms with Gasteiger partial charge in [-0.25, -0.2) is 9.78 Å². The van der Waals surface area contributed by atoms with Gasteiger partial charge in [0, 0.05) is 5.02 Å². The zero-order valence-electron chi connectivity index (χ0n) is 9.51. The smallest absolute Gasteiger partial charge is 0.339 e. The summed E-state index contributed by atoms with van der Waals surface area (Å²) in [5.74, 6) is -0.232. The molecule has 0 amide bonds. The van der Waals surface area contributed by atoms with E-state index in [2.05, 4.69) is 4.98 Å². The molecule has 0 spiro atoms. The van der Waals surface area contributed by atoms with Crippen LogP contribution in [0.5, 0.6) is 5.75 Å². The molecule has 1 aromatic heterocycles. The van der Waals surface area contributed by atoms with E-state index >= 15 is 0 Å². The zero-order valence-corrected chi connectivity index (χ0v) is 10.3. The van der Waals surface area contributed by atoms with Gasteiger partial charge in [-0.05, 0) is 25.1 Å². The largest absolute Gasteiger partial charge is 0.486 e. The van der Waals surface area contributed by atoms with Crippen molar-refractivity contribution in [3.05, 3.63) is 46.6 Å². The molecule has 1 aromatic carbocycles. The lowest BCUT2D eigenvalue weighted by atomic mass is 10.2. The van der Waals surface area contributed by atoms with Crippen LogP contribution in [0, 0.1) is 6.92 Å². The maximum atomic E-state index is 11.0. The van der Waals surface area contributed by atoms with Crippen LogP contribution in [-0.4, -0.2) is 16.1 Å². The molecule has 5 nitrogen and oxygen atoms in total. The molecule has 0 fully saturated rings. The molecule has 0 aliphatic heterocycles. The SMILES string of the molecule is Cc1ocnc1COc1cc(Cl)ccc1C(=O)O. The van der Waals surface area contributed by atoms with E-state index in [-0.39, 0.29) is 17.9 Å². The van der Waals surface area contributed by atoms with Crippen molar-refractivity contribution in [3.63, 3.8) is 0 Å². The summed E-state index contributed by atoms with van der Waals surface area (Å²) in [6.45, 7) is 1.88. The second kappa shape index (κ2) is 5.10. The molecule has 0 unspecified atom stereocenters. The summed E-state index contributed by atoms with van der Waals surface area (Å²) >= 11 is 5.81. The highest BCUT2D eigenvalue weighted by molar-refractivity contribution is 6.30. The van der Waals surface area contributed by atoms with Gasteiger partial charge in [-0.3, -0.25) is 0 Å². The Hall–Kier alpha value is -2.01.